The monoisotopic (exact) mass is 463 g/mol. The van der Waals surface area contributed by atoms with Gasteiger partial charge in [-0.2, -0.15) is 0 Å². The van der Waals surface area contributed by atoms with E-state index in [4.69, 9.17) is 23.3 Å². The predicted molar refractivity (Wildman–Crippen MR) is 123 cm³/mol. The lowest BCUT2D eigenvalue weighted by molar-refractivity contribution is -0.116. The van der Waals surface area contributed by atoms with Crippen LogP contribution >= 0.6 is 7.60 Å². The zero-order valence-electron chi connectivity index (χ0n) is 19.0. The number of hydrogen-bond acceptors (Lipinski definition) is 7. The first kappa shape index (κ1) is 25.5. The number of ether oxygens (including phenoxy) is 3. The Bertz CT molecular complexity index is 927. The molecule has 0 spiro atoms. The zero-order valence-corrected chi connectivity index (χ0v) is 19.9. The van der Waals surface area contributed by atoms with Crippen molar-refractivity contribution in [2.24, 2.45) is 0 Å². The second-order valence-corrected chi connectivity index (χ2v) is 8.60. The Morgan fingerprint density at radius 1 is 0.969 bits per heavy atom. The van der Waals surface area contributed by atoms with Crippen LogP contribution in [0.15, 0.2) is 48.5 Å². The smallest absolute Gasteiger partial charge is 0.357 e. The van der Waals surface area contributed by atoms with Gasteiger partial charge in [0.2, 0.25) is 11.7 Å². The molecule has 0 aromatic heterocycles. The Kier molecular flexibility index (Phi) is 9.78. The molecule has 1 N–H and O–H groups in total. The molecule has 8 nitrogen and oxygen atoms in total. The summed E-state index contributed by atoms with van der Waals surface area (Å²) < 4.78 is 40.4. The number of benzene rings is 2. The van der Waals surface area contributed by atoms with E-state index in [1.54, 1.807) is 56.3 Å². The average molecular weight is 463 g/mol. The summed E-state index contributed by atoms with van der Waals surface area (Å²) in [6.07, 6.45) is 2.92. The van der Waals surface area contributed by atoms with Gasteiger partial charge in [-0.1, -0.05) is 30.3 Å². The van der Waals surface area contributed by atoms with Crippen LogP contribution in [0.25, 0.3) is 6.08 Å². The van der Waals surface area contributed by atoms with Gasteiger partial charge in [-0.25, -0.2) is 0 Å². The minimum atomic E-state index is -3.66. The maximum Gasteiger partial charge on any atom is 0.357 e. The number of rotatable bonds is 12. The standard InChI is InChI=1S/C23H30NO7P/c1-6-30-32(26,31-7-2)23(18-11-9-8-10-12-18)24-21(25)14-13-17-15-19(27-3)22(29-5)20(16-17)28-4/h8-16,23H,6-7H2,1-5H3,(H,24,25). The van der Waals surface area contributed by atoms with Crippen LogP contribution < -0.4 is 19.5 Å². The highest BCUT2D eigenvalue weighted by atomic mass is 31.2. The van der Waals surface area contributed by atoms with Gasteiger partial charge in [0.1, 0.15) is 0 Å². The van der Waals surface area contributed by atoms with Gasteiger partial charge in [0.05, 0.1) is 34.5 Å². The molecule has 0 bridgehead atoms. The molecule has 1 atom stereocenters. The lowest BCUT2D eigenvalue weighted by atomic mass is 10.1. The summed E-state index contributed by atoms with van der Waals surface area (Å²) in [7, 11) is 0.886. The fraction of sp³-hybridized carbons (Fsp3) is 0.348. The molecular weight excluding hydrogens is 433 g/mol. The molecule has 0 aliphatic rings. The Balaban J connectivity index is 2.32. The van der Waals surface area contributed by atoms with Gasteiger partial charge in [-0.15, -0.1) is 0 Å². The number of carbonyl (C=O) groups is 1. The zero-order chi connectivity index (χ0) is 23.6. The summed E-state index contributed by atoms with van der Waals surface area (Å²) in [4.78, 5) is 12.8. The highest BCUT2D eigenvalue weighted by Crippen LogP contribution is 2.59. The summed E-state index contributed by atoms with van der Waals surface area (Å²) in [5.74, 6) is -0.0411. The molecule has 0 aliphatic heterocycles. The van der Waals surface area contributed by atoms with Crippen molar-refractivity contribution < 1.29 is 32.6 Å². The molecule has 0 aliphatic carbocycles. The summed E-state index contributed by atoms with van der Waals surface area (Å²) in [5, 5.41) is 2.77. The molecule has 32 heavy (non-hydrogen) atoms. The van der Waals surface area contributed by atoms with E-state index in [2.05, 4.69) is 5.32 Å². The summed E-state index contributed by atoms with van der Waals surface area (Å²) in [6, 6.07) is 12.4. The van der Waals surface area contributed by atoms with Crippen molar-refractivity contribution in [3.63, 3.8) is 0 Å². The minimum Gasteiger partial charge on any atom is -0.493 e. The van der Waals surface area contributed by atoms with Crippen LogP contribution in [-0.4, -0.2) is 40.5 Å². The van der Waals surface area contributed by atoms with Crippen molar-refractivity contribution in [3.05, 3.63) is 59.7 Å². The van der Waals surface area contributed by atoms with E-state index >= 15 is 0 Å². The largest absolute Gasteiger partial charge is 0.493 e. The third-order valence-electron chi connectivity index (χ3n) is 4.44. The number of hydrogen-bond donors (Lipinski definition) is 1. The molecule has 1 unspecified atom stereocenters. The topological polar surface area (TPSA) is 92.3 Å². The Morgan fingerprint density at radius 2 is 1.53 bits per heavy atom. The average Bonchev–Trinajstić information content (AvgIpc) is 2.81. The summed E-state index contributed by atoms with van der Waals surface area (Å²) in [6.45, 7) is 3.80. The van der Waals surface area contributed by atoms with Crippen LogP contribution in [0, 0.1) is 0 Å². The molecule has 0 heterocycles. The molecule has 2 rings (SSSR count). The maximum atomic E-state index is 13.4. The first-order valence-electron chi connectivity index (χ1n) is 10.1. The first-order valence-corrected chi connectivity index (χ1v) is 11.8. The van der Waals surface area contributed by atoms with E-state index in [9.17, 15) is 9.36 Å². The Hall–Kier alpha value is -2.80. The van der Waals surface area contributed by atoms with Crippen LogP contribution in [0.1, 0.15) is 30.8 Å². The van der Waals surface area contributed by atoms with Gasteiger partial charge in [-0.05, 0) is 43.2 Å². The summed E-state index contributed by atoms with van der Waals surface area (Å²) >= 11 is 0. The fourth-order valence-corrected chi connectivity index (χ4v) is 4.99. The molecular formula is C23H30NO7P. The quantitative estimate of drug-likeness (QED) is 0.357. The van der Waals surface area contributed by atoms with Gasteiger partial charge in [-0.3, -0.25) is 9.36 Å². The van der Waals surface area contributed by atoms with Gasteiger partial charge < -0.3 is 28.6 Å². The van der Waals surface area contributed by atoms with Crippen LogP contribution in [0.3, 0.4) is 0 Å². The van der Waals surface area contributed by atoms with Gasteiger partial charge in [0, 0.05) is 6.08 Å². The van der Waals surface area contributed by atoms with Crippen molar-refractivity contribution in [1.82, 2.24) is 5.32 Å². The van der Waals surface area contributed by atoms with Gasteiger partial charge in [0.25, 0.3) is 0 Å². The van der Waals surface area contributed by atoms with Crippen LogP contribution in [0.5, 0.6) is 17.2 Å². The van der Waals surface area contributed by atoms with Crippen LogP contribution in [-0.2, 0) is 18.4 Å². The van der Waals surface area contributed by atoms with Crippen LogP contribution in [0.4, 0.5) is 0 Å². The molecule has 2 aromatic rings. The Morgan fingerprint density at radius 3 is 2.00 bits per heavy atom. The molecule has 9 heteroatoms. The number of carbonyl (C=O) groups excluding carboxylic acids is 1. The van der Waals surface area contributed by atoms with E-state index in [-0.39, 0.29) is 13.2 Å². The molecule has 0 radical (unpaired) electrons. The fourth-order valence-electron chi connectivity index (χ4n) is 3.08. The van der Waals surface area contributed by atoms with E-state index < -0.39 is 19.3 Å². The van der Waals surface area contributed by atoms with Gasteiger partial charge in [0.15, 0.2) is 17.3 Å². The van der Waals surface area contributed by atoms with E-state index in [0.29, 0.717) is 28.4 Å². The third-order valence-corrected chi connectivity index (χ3v) is 6.74. The maximum absolute atomic E-state index is 13.4. The molecule has 0 fully saturated rings. The molecule has 0 saturated carbocycles. The van der Waals surface area contributed by atoms with Crippen molar-refractivity contribution in [2.45, 2.75) is 19.6 Å². The second-order valence-electron chi connectivity index (χ2n) is 6.49. The SMILES string of the molecule is CCOP(=O)(OCC)C(NC(=O)C=Cc1cc(OC)c(OC)c(OC)c1)c1ccccc1. The molecule has 0 saturated heterocycles. The van der Waals surface area contributed by atoms with Crippen molar-refractivity contribution in [1.29, 1.82) is 0 Å². The van der Waals surface area contributed by atoms with Crippen molar-refractivity contribution >= 4 is 19.6 Å². The van der Waals surface area contributed by atoms with Crippen LogP contribution in [0.2, 0.25) is 0 Å². The van der Waals surface area contributed by atoms with Crippen molar-refractivity contribution in [3.8, 4) is 17.2 Å². The van der Waals surface area contributed by atoms with E-state index in [1.807, 2.05) is 6.07 Å². The number of nitrogens with one attached hydrogen (secondary N) is 1. The number of amides is 1. The molecule has 2 aromatic carbocycles. The highest BCUT2D eigenvalue weighted by molar-refractivity contribution is 7.54. The number of methoxy groups -OCH3 is 3. The normalized spacial score (nSPS) is 12.4. The first-order chi connectivity index (χ1) is 15.4. The summed E-state index contributed by atoms with van der Waals surface area (Å²) in [5.41, 5.74) is 1.27. The predicted octanol–water partition coefficient (Wildman–Crippen LogP) is 4.81. The van der Waals surface area contributed by atoms with E-state index in [0.717, 1.165) is 0 Å². The van der Waals surface area contributed by atoms with Crippen molar-refractivity contribution in [2.75, 3.05) is 34.5 Å². The lowest BCUT2D eigenvalue weighted by Crippen LogP contribution is -2.28. The second kappa shape index (κ2) is 12.3. The third kappa shape index (κ3) is 6.36. The molecule has 1 amide bonds. The van der Waals surface area contributed by atoms with Gasteiger partial charge >= 0.3 is 7.60 Å². The lowest BCUT2D eigenvalue weighted by Gasteiger charge is -2.27. The Labute approximate surface area is 189 Å². The minimum absolute atomic E-state index is 0.178. The highest BCUT2D eigenvalue weighted by Gasteiger charge is 2.37. The van der Waals surface area contributed by atoms with E-state index in [1.165, 1.54) is 27.4 Å². The molecule has 174 valence electrons.